The highest BCUT2D eigenvalue weighted by Gasteiger charge is 2.22. The highest BCUT2D eigenvalue weighted by molar-refractivity contribution is 7.10. The van der Waals surface area contributed by atoms with Gasteiger partial charge >= 0.3 is 0 Å². The van der Waals surface area contributed by atoms with Crippen molar-refractivity contribution in [3.8, 4) is 0 Å². The minimum absolute atomic E-state index is 0.182. The molecule has 2 aromatic rings. The van der Waals surface area contributed by atoms with E-state index < -0.39 is 11.6 Å². The first-order valence-electron chi connectivity index (χ1n) is 6.15. The molecule has 0 radical (unpaired) electrons. The summed E-state index contributed by atoms with van der Waals surface area (Å²) < 4.78 is 26.7. The summed E-state index contributed by atoms with van der Waals surface area (Å²) in [4.78, 5) is 0.841. The predicted octanol–water partition coefficient (Wildman–Crippen LogP) is 5.42. The number of hydrogen-bond acceptors (Lipinski definition) is 2. The van der Waals surface area contributed by atoms with Gasteiger partial charge in [-0.1, -0.05) is 30.1 Å². The number of nitrogens with one attached hydrogen (secondary N) is 1. The molecule has 1 heterocycles. The highest BCUT2D eigenvalue weighted by atomic mass is 35.5. The Hall–Kier alpha value is -0.680. The topological polar surface area (TPSA) is 12.0 Å². The SMILES string of the molecule is CCCNC(c1cc(F)c(F)cc1Cl)c1sccc1Cl. The molecule has 6 heteroatoms. The number of halogens is 4. The van der Waals surface area contributed by atoms with E-state index in [2.05, 4.69) is 5.32 Å². The summed E-state index contributed by atoms with van der Waals surface area (Å²) in [5.41, 5.74) is 0.489. The Morgan fingerprint density at radius 2 is 1.90 bits per heavy atom. The van der Waals surface area contributed by atoms with E-state index in [-0.39, 0.29) is 11.1 Å². The number of benzene rings is 1. The molecule has 0 saturated carbocycles. The Kier molecular flexibility index (Phi) is 5.38. The third-order valence-electron chi connectivity index (χ3n) is 2.86. The van der Waals surface area contributed by atoms with E-state index in [1.807, 2.05) is 12.3 Å². The zero-order chi connectivity index (χ0) is 14.7. The van der Waals surface area contributed by atoms with E-state index in [1.54, 1.807) is 6.07 Å². The van der Waals surface area contributed by atoms with Crippen LogP contribution in [0.3, 0.4) is 0 Å². The Labute approximate surface area is 130 Å². The Morgan fingerprint density at radius 1 is 1.20 bits per heavy atom. The van der Waals surface area contributed by atoms with E-state index >= 15 is 0 Å². The molecule has 1 atom stereocenters. The Bertz CT molecular complexity index is 601. The first-order chi connectivity index (χ1) is 9.54. The molecule has 2 rings (SSSR count). The van der Waals surface area contributed by atoms with Crippen LogP contribution >= 0.6 is 34.5 Å². The lowest BCUT2D eigenvalue weighted by atomic mass is 10.0. The van der Waals surface area contributed by atoms with Crippen LogP contribution < -0.4 is 5.32 Å². The van der Waals surface area contributed by atoms with Crippen molar-refractivity contribution in [1.82, 2.24) is 5.32 Å². The lowest BCUT2D eigenvalue weighted by Crippen LogP contribution is -2.23. The van der Waals surface area contributed by atoms with E-state index in [0.717, 1.165) is 23.4 Å². The molecule has 0 aliphatic rings. The maximum absolute atomic E-state index is 13.5. The molecule has 0 spiro atoms. The second-order valence-corrected chi connectivity index (χ2v) is 6.07. The van der Waals surface area contributed by atoms with Gasteiger partial charge in [-0.3, -0.25) is 0 Å². The van der Waals surface area contributed by atoms with Gasteiger partial charge < -0.3 is 5.32 Å². The molecule has 20 heavy (non-hydrogen) atoms. The second-order valence-electron chi connectivity index (χ2n) is 4.31. The first kappa shape index (κ1) is 15.7. The van der Waals surface area contributed by atoms with Crippen LogP contribution in [0.25, 0.3) is 0 Å². The van der Waals surface area contributed by atoms with E-state index in [1.165, 1.54) is 11.3 Å². The largest absolute Gasteiger partial charge is 0.306 e. The van der Waals surface area contributed by atoms with Gasteiger partial charge in [0.25, 0.3) is 0 Å². The highest BCUT2D eigenvalue weighted by Crippen LogP contribution is 2.36. The van der Waals surface area contributed by atoms with Crippen molar-refractivity contribution >= 4 is 34.5 Å². The molecule has 1 unspecified atom stereocenters. The van der Waals surface area contributed by atoms with Crippen LogP contribution in [0.5, 0.6) is 0 Å². The van der Waals surface area contributed by atoms with Crippen LogP contribution in [-0.4, -0.2) is 6.54 Å². The third-order valence-corrected chi connectivity index (χ3v) is 4.61. The molecular formula is C14H13Cl2F2NS. The Balaban J connectivity index is 2.46. The number of thiophene rings is 1. The van der Waals surface area contributed by atoms with Gasteiger partial charge in [-0.25, -0.2) is 8.78 Å². The normalized spacial score (nSPS) is 12.7. The number of rotatable bonds is 5. The van der Waals surface area contributed by atoms with E-state index in [4.69, 9.17) is 23.2 Å². The van der Waals surface area contributed by atoms with Gasteiger partial charge in [0, 0.05) is 9.90 Å². The second kappa shape index (κ2) is 6.85. The maximum Gasteiger partial charge on any atom is 0.160 e. The molecular weight excluding hydrogens is 323 g/mol. The van der Waals surface area contributed by atoms with Gasteiger partial charge in [0.05, 0.1) is 11.1 Å². The summed E-state index contributed by atoms with van der Waals surface area (Å²) in [5, 5.41) is 5.89. The standard InChI is InChI=1S/C14H13Cl2F2NS/c1-2-4-19-13(14-9(15)3-5-20-14)8-6-11(17)12(18)7-10(8)16/h3,5-7,13,19H,2,4H2,1H3. The van der Waals surface area contributed by atoms with Crippen molar-refractivity contribution in [2.45, 2.75) is 19.4 Å². The van der Waals surface area contributed by atoms with E-state index in [9.17, 15) is 8.78 Å². The molecule has 1 aromatic heterocycles. The zero-order valence-corrected chi connectivity index (χ0v) is 13.0. The number of hydrogen-bond donors (Lipinski definition) is 1. The third kappa shape index (κ3) is 3.31. The summed E-state index contributed by atoms with van der Waals surface area (Å²) in [6.45, 7) is 2.74. The van der Waals surface area contributed by atoms with Crippen LogP contribution in [0.2, 0.25) is 10.0 Å². The van der Waals surface area contributed by atoms with Crippen LogP contribution in [-0.2, 0) is 0 Å². The van der Waals surface area contributed by atoms with Crippen molar-refractivity contribution in [2.75, 3.05) is 6.54 Å². The minimum atomic E-state index is -0.953. The van der Waals surface area contributed by atoms with Crippen LogP contribution in [0.4, 0.5) is 8.78 Å². The fourth-order valence-corrected chi connectivity index (χ4v) is 3.42. The maximum atomic E-state index is 13.5. The molecule has 0 bridgehead atoms. The average molecular weight is 336 g/mol. The molecule has 0 amide bonds. The van der Waals surface area contributed by atoms with Gasteiger partial charge in [0.1, 0.15) is 0 Å². The molecule has 1 N–H and O–H groups in total. The average Bonchev–Trinajstić information content (AvgIpc) is 2.82. The molecule has 108 valence electrons. The van der Waals surface area contributed by atoms with Gasteiger partial charge in [-0.15, -0.1) is 11.3 Å². The monoisotopic (exact) mass is 335 g/mol. The van der Waals surface area contributed by atoms with Crippen LogP contribution in [0.15, 0.2) is 23.6 Å². The summed E-state index contributed by atoms with van der Waals surface area (Å²) in [5.74, 6) is -1.87. The zero-order valence-electron chi connectivity index (χ0n) is 10.7. The lowest BCUT2D eigenvalue weighted by molar-refractivity contribution is 0.503. The van der Waals surface area contributed by atoms with Crippen molar-refractivity contribution in [3.05, 3.63) is 55.7 Å². The molecule has 0 fully saturated rings. The summed E-state index contributed by atoms with van der Waals surface area (Å²) in [6.07, 6.45) is 0.904. The molecule has 0 saturated heterocycles. The van der Waals surface area contributed by atoms with Crippen LogP contribution in [0, 0.1) is 11.6 Å². The molecule has 0 aliphatic heterocycles. The van der Waals surface area contributed by atoms with Gasteiger partial charge in [0.2, 0.25) is 0 Å². The fourth-order valence-electron chi connectivity index (χ4n) is 1.90. The summed E-state index contributed by atoms with van der Waals surface area (Å²) in [7, 11) is 0. The Morgan fingerprint density at radius 3 is 2.50 bits per heavy atom. The van der Waals surface area contributed by atoms with Gasteiger partial charge in [-0.05, 0) is 42.1 Å². The fraction of sp³-hybridized carbons (Fsp3) is 0.286. The van der Waals surface area contributed by atoms with Crippen molar-refractivity contribution in [1.29, 1.82) is 0 Å². The smallest absolute Gasteiger partial charge is 0.160 e. The quantitative estimate of drug-likeness (QED) is 0.719. The van der Waals surface area contributed by atoms with Gasteiger partial charge in [-0.2, -0.15) is 0 Å². The molecule has 0 aliphatic carbocycles. The predicted molar refractivity (Wildman–Crippen MR) is 80.8 cm³/mol. The van der Waals surface area contributed by atoms with Gasteiger partial charge in [0.15, 0.2) is 11.6 Å². The van der Waals surface area contributed by atoms with E-state index in [0.29, 0.717) is 17.1 Å². The minimum Gasteiger partial charge on any atom is -0.306 e. The lowest BCUT2D eigenvalue weighted by Gasteiger charge is -2.20. The summed E-state index contributed by atoms with van der Waals surface area (Å²) >= 11 is 13.7. The van der Waals surface area contributed by atoms with Crippen molar-refractivity contribution in [2.24, 2.45) is 0 Å². The first-order valence-corrected chi connectivity index (χ1v) is 7.78. The molecule has 1 aromatic carbocycles. The molecule has 1 nitrogen and oxygen atoms in total. The summed E-state index contributed by atoms with van der Waals surface area (Å²) in [6, 6.07) is 3.55. The van der Waals surface area contributed by atoms with Crippen molar-refractivity contribution in [3.63, 3.8) is 0 Å². The van der Waals surface area contributed by atoms with Crippen LogP contribution in [0.1, 0.15) is 29.8 Å². The van der Waals surface area contributed by atoms with Crippen molar-refractivity contribution < 1.29 is 8.78 Å².